The topological polar surface area (TPSA) is 61.8 Å². The van der Waals surface area contributed by atoms with E-state index in [1.54, 1.807) is 7.11 Å². The molecule has 0 spiro atoms. The number of methoxy groups -OCH3 is 1. The zero-order chi connectivity index (χ0) is 14.3. The number of carbonyl (C=O) groups is 1. The summed E-state index contributed by atoms with van der Waals surface area (Å²) in [6, 6.07) is 6.03. The van der Waals surface area contributed by atoms with Crippen LogP contribution in [-0.2, 0) is 4.79 Å². The molecule has 1 fully saturated rings. The van der Waals surface area contributed by atoms with Crippen molar-refractivity contribution in [3.05, 3.63) is 23.8 Å². The van der Waals surface area contributed by atoms with Gasteiger partial charge >= 0.3 is 5.97 Å². The number of nitrogens with zero attached hydrogens (tertiary/aromatic N) is 1. The first-order chi connectivity index (χ1) is 9.63. The van der Waals surface area contributed by atoms with Gasteiger partial charge in [-0.25, -0.2) is 0 Å². The van der Waals surface area contributed by atoms with E-state index in [2.05, 4.69) is 17.3 Å². The van der Waals surface area contributed by atoms with Crippen molar-refractivity contribution in [2.24, 2.45) is 5.92 Å². The van der Waals surface area contributed by atoms with E-state index in [-0.39, 0.29) is 5.92 Å². The molecule has 0 amide bonds. The zero-order valence-corrected chi connectivity index (χ0v) is 11.8. The van der Waals surface area contributed by atoms with Gasteiger partial charge in [0, 0.05) is 31.2 Å². The van der Waals surface area contributed by atoms with E-state index in [9.17, 15) is 9.90 Å². The van der Waals surface area contributed by atoms with E-state index in [4.69, 9.17) is 4.74 Å². The average molecular weight is 276 g/mol. The number of ether oxygens (including phenoxy) is 1. The number of anilines is 1. The first kappa shape index (κ1) is 13.2. The van der Waals surface area contributed by atoms with E-state index in [0.29, 0.717) is 11.8 Å². The molecule has 1 aromatic rings. The summed E-state index contributed by atoms with van der Waals surface area (Å²) in [7, 11) is 3.67. The minimum Gasteiger partial charge on any atom is -0.497 e. The SMILES string of the molecule is COc1ccc2c(c1)C(C(=O)O)C1CNCCC1N2C. The van der Waals surface area contributed by atoms with Gasteiger partial charge < -0.3 is 20.1 Å². The van der Waals surface area contributed by atoms with Crippen molar-refractivity contribution >= 4 is 11.7 Å². The number of aliphatic carboxylic acids is 1. The summed E-state index contributed by atoms with van der Waals surface area (Å²) in [4.78, 5) is 14.0. The summed E-state index contributed by atoms with van der Waals surface area (Å²) in [6.45, 7) is 1.70. The van der Waals surface area contributed by atoms with Crippen LogP contribution in [0.5, 0.6) is 5.75 Å². The Morgan fingerprint density at radius 2 is 2.30 bits per heavy atom. The van der Waals surface area contributed by atoms with Crippen LogP contribution in [0.1, 0.15) is 17.9 Å². The second-order valence-corrected chi connectivity index (χ2v) is 5.58. The van der Waals surface area contributed by atoms with E-state index in [1.165, 1.54) is 0 Å². The molecule has 20 heavy (non-hydrogen) atoms. The average Bonchev–Trinajstić information content (AvgIpc) is 2.46. The maximum atomic E-state index is 11.8. The lowest BCUT2D eigenvalue weighted by molar-refractivity contribution is -0.140. The van der Waals surface area contributed by atoms with Crippen LogP contribution >= 0.6 is 0 Å². The van der Waals surface area contributed by atoms with Gasteiger partial charge in [0.2, 0.25) is 0 Å². The normalized spacial score (nSPS) is 28.5. The van der Waals surface area contributed by atoms with Gasteiger partial charge in [-0.1, -0.05) is 0 Å². The van der Waals surface area contributed by atoms with Crippen molar-refractivity contribution < 1.29 is 14.6 Å². The minimum absolute atomic E-state index is 0.103. The predicted octanol–water partition coefficient (Wildman–Crippen LogP) is 1.29. The standard InChI is InChI=1S/C15H20N2O3/c1-17-12-4-3-9(20-2)7-10(12)14(15(18)19)11-8-16-6-5-13(11)17/h3-4,7,11,13-14,16H,5-6,8H2,1-2H3,(H,18,19). The molecule has 3 unspecified atom stereocenters. The van der Waals surface area contributed by atoms with Crippen molar-refractivity contribution in [1.82, 2.24) is 5.32 Å². The van der Waals surface area contributed by atoms with Crippen molar-refractivity contribution in [2.75, 3.05) is 32.1 Å². The molecule has 2 heterocycles. The van der Waals surface area contributed by atoms with E-state index in [0.717, 1.165) is 30.8 Å². The fraction of sp³-hybridized carbons (Fsp3) is 0.533. The van der Waals surface area contributed by atoms with Crippen LogP contribution < -0.4 is 15.0 Å². The Hall–Kier alpha value is -1.75. The Labute approximate surface area is 118 Å². The Kier molecular flexibility index (Phi) is 3.30. The van der Waals surface area contributed by atoms with Gasteiger partial charge in [0.25, 0.3) is 0 Å². The Morgan fingerprint density at radius 3 is 3.00 bits per heavy atom. The van der Waals surface area contributed by atoms with Crippen molar-refractivity contribution in [1.29, 1.82) is 0 Å². The Bertz CT molecular complexity index is 532. The maximum absolute atomic E-state index is 11.8. The van der Waals surface area contributed by atoms with Gasteiger partial charge in [0.05, 0.1) is 13.0 Å². The molecule has 5 heteroatoms. The first-order valence-corrected chi connectivity index (χ1v) is 6.97. The summed E-state index contributed by atoms with van der Waals surface area (Å²) >= 11 is 0. The molecule has 0 aromatic heterocycles. The monoisotopic (exact) mass is 276 g/mol. The number of hydrogen-bond donors (Lipinski definition) is 2. The zero-order valence-electron chi connectivity index (χ0n) is 11.8. The molecule has 5 nitrogen and oxygen atoms in total. The molecular formula is C15H20N2O3. The Balaban J connectivity index is 2.12. The molecule has 0 bridgehead atoms. The number of rotatable bonds is 2. The minimum atomic E-state index is -0.744. The molecule has 1 saturated heterocycles. The molecule has 1 aromatic carbocycles. The highest BCUT2D eigenvalue weighted by Crippen LogP contribution is 2.44. The predicted molar refractivity (Wildman–Crippen MR) is 76.5 cm³/mol. The maximum Gasteiger partial charge on any atom is 0.311 e. The van der Waals surface area contributed by atoms with Gasteiger partial charge in [-0.2, -0.15) is 0 Å². The third kappa shape index (κ3) is 1.93. The van der Waals surface area contributed by atoms with Gasteiger partial charge in [-0.15, -0.1) is 0 Å². The number of hydrogen-bond acceptors (Lipinski definition) is 4. The summed E-state index contributed by atoms with van der Waals surface area (Å²) < 4.78 is 5.25. The second-order valence-electron chi connectivity index (χ2n) is 5.58. The highest BCUT2D eigenvalue weighted by Gasteiger charge is 2.44. The van der Waals surface area contributed by atoms with Gasteiger partial charge in [-0.05, 0) is 36.7 Å². The molecule has 0 aliphatic carbocycles. The van der Waals surface area contributed by atoms with E-state index < -0.39 is 11.9 Å². The highest BCUT2D eigenvalue weighted by molar-refractivity contribution is 5.81. The first-order valence-electron chi connectivity index (χ1n) is 6.97. The lowest BCUT2D eigenvalue weighted by Gasteiger charge is -2.47. The highest BCUT2D eigenvalue weighted by atomic mass is 16.5. The molecule has 2 aliphatic heterocycles. The van der Waals surface area contributed by atoms with Gasteiger partial charge in [0.15, 0.2) is 0 Å². The summed E-state index contributed by atoms with van der Waals surface area (Å²) in [5, 5.41) is 13.0. The quantitative estimate of drug-likeness (QED) is 0.852. The van der Waals surface area contributed by atoms with Crippen LogP contribution in [0.15, 0.2) is 18.2 Å². The number of carboxylic acids is 1. The number of carboxylic acid groups (broad SMARTS) is 1. The van der Waals surface area contributed by atoms with E-state index >= 15 is 0 Å². The summed E-state index contributed by atoms with van der Waals surface area (Å²) in [6.07, 6.45) is 0.983. The van der Waals surface area contributed by atoms with Gasteiger partial charge in [0.1, 0.15) is 5.75 Å². The third-order valence-corrected chi connectivity index (χ3v) is 4.63. The summed E-state index contributed by atoms with van der Waals surface area (Å²) in [5.41, 5.74) is 1.88. The van der Waals surface area contributed by atoms with Crippen LogP contribution in [0.3, 0.4) is 0 Å². The van der Waals surface area contributed by atoms with E-state index in [1.807, 2.05) is 18.2 Å². The fourth-order valence-electron chi connectivity index (χ4n) is 3.64. The summed E-state index contributed by atoms with van der Waals surface area (Å²) in [5.74, 6) is -0.392. The molecule has 2 N–H and O–H groups in total. The van der Waals surface area contributed by atoms with Crippen LogP contribution in [0, 0.1) is 5.92 Å². The number of fused-ring (bicyclic) bond motifs is 2. The van der Waals surface area contributed by atoms with Crippen molar-refractivity contribution in [3.63, 3.8) is 0 Å². The largest absolute Gasteiger partial charge is 0.497 e. The lowest BCUT2D eigenvalue weighted by atomic mass is 9.74. The van der Waals surface area contributed by atoms with Crippen molar-refractivity contribution in [3.8, 4) is 5.75 Å². The van der Waals surface area contributed by atoms with Crippen LogP contribution in [0.4, 0.5) is 5.69 Å². The molecule has 0 saturated carbocycles. The fourth-order valence-corrected chi connectivity index (χ4v) is 3.64. The smallest absolute Gasteiger partial charge is 0.311 e. The Morgan fingerprint density at radius 1 is 1.50 bits per heavy atom. The number of piperidine rings is 1. The van der Waals surface area contributed by atoms with Crippen molar-refractivity contribution in [2.45, 2.75) is 18.4 Å². The third-order valence-electron chi connectivity index (χ3n) is 4.63. The van der Waals surface area contributed by atoms with Crippen LogP contribution in [0.2, 0.25) is 0 Å². The second kappa shape index (κ2) is 4.98. The molecule has 2 aliphatic rings. The van der Waals surface area contributed by atoms with Gasteiger partial charge in [-0.3, -0.25) is 4.79 Å². The molecule has 3 atom stereocenters. The molecule has 108 valence electrons. The van der Waals surface area contributed by atoms with Crippen LogP contribution in [0.25, 0.3) is 0 Å². The number of benzene rings is 1. The number of nitrogens with one attached hydrogen (secondary N) is 1. The molecule has 3 rings (SSSR count). The molecular weight excluding hydrogens is 256 g/mol. The molecule has 0 radical (unpaired) electrons. The lowest BCUT2D eigenvalue weighted by Crippen LogP contribution is -2.54. The van der Waals surface area contributed by atoms with Crippen LogP contribution in [-0.4, -0.2) is 44.4 Å².